The largest absolute Gasteiger partial charge is 0.342 e. The van der Waals surface area contributed by atoms with E-state index < -0.39 is 0 Å². The maximum atomic E-state index is 12.8. The number of carbonyl (C=O) groups is 1. The van der Waals surface area contributed by atoms with Gasteiger partial charge in [-0.05, 0) is 75.3 Å². The molecule has 3 nitrogen and oxygen atoms in total. The van der Waals surface area contributed by atoms with Gasteiger partial charge >= 0.3 is 0 Å². The van der Waals surface area contributed by atoms with Crippen LogP contribution in [0.15, 0.2) is 0 Å². The van der Waals surface area contributed by atoms with Crippen molar-refractivity contribution in [1.82, 2.24) is 10.2 Å². The van der Waals surface area contributed by atoms with Gasteiger partial charge in [0.15, 0.2) is 0 Å². The summed E-state index contributed by atoms with van der Waals surface area (Å²) in [6.07, 6.45) is 9.05. The number of nitrogens with one attached hydrogen (secondary N) is 1. The molecule has 0 radical (unpaired) electrons. The Bertz CT molecular complexity index is 353. The zero-order chi connectivity index (χ0) is 12.9. The molecule has 0 bridgehead atoms. The van der Waals surface area contributed by atoms with Crippen molar-refractivity contribution in [3.8, 4) is 0 Å². The first-order valence-corrected chi connectivity index (χ1v) is 8.26. The number of hydrogen-bond acceptors (Lipinski definition) is 2. The molecular weight excluding hydrogens is 236 g/mol. The molecule has 1 heterocycles. The Morgan fingerprint density at radius 3 is 2.16 bits per heavy atom. The molecule has 4 fully saturated rings. The van der Waals surface area contributed by atoms with E-state index in [-0.39, 0.29) is 0 Å². The van der Waals surface area contributed by atoms with E-state index in [9.17, 15) is 4.79 Å². The number of carbonyl (C=O) groups excluding carboxylic acids is 1. The molecule has 1 atom stereocenters. The van der Waals surface area contributed by atoms with Gasteiger partial charge < -0.3 is 10.2 Å². The number of hydrogen-bond donors (Lipinski definition) is 1. The molecule has 106 valence electrons. The highest BCUT2D eigenvalue weighted by Gasteiger charge is 2.58. The second kappa shape index (κ2) is 4.47. The van der Waals surface area contributed by atoms with Gasteiger partial charge in [0.25, 0.3) is 0 Å². The second-order valence-corrected chi connectivity index (χ2v) is 7.50. The van der Waals surface area contributed by atoms with Crippen LogP contribution in [0.2, 0.25) is 0 Å². The predicted octanol–water partition coefficient (Wildman–Crippen LogP) is 2.02. The van der Waals surface area contributed by atoms with Gasteiger partial charge in [0.2, 0.25) is 5.91 Å². The minimum atomic E-state index is 0.382. The van der Waals surface area contributed by atoms with Crippen LogP contribution in [0.4, 0.5) is 0 Å². The van der Waals surface area contributed by atoms with Crippen LogP contribution in [-0.4, -0.2) is 37.0 Å². The van der Waals surface area contributed by atoms with E-state index in [0.29, 0.717) is 17.2 Å². The normalized spacial score (nSPS) is 32.3. The van der Waals surface area contributed by atoms with Crippen molar-refractivity contribution in [1.29, 1.82) is 0 Å². The molecule has 1 saturated heterocycles. The van der Waals surface area contributed by atoms with Crippen LogP contribution in [-0.2, 0) is 4.79 Å². The zero-order valence-electron chi connectivity index (χ0n) is 11.9. The first kappa shape index (κ1) is 12.2. The van der Waals surface area contributed by atoms with Crippen molar-refractivity contribution >= 4 is 5.91 Å². The quantitative estimate of drug-likeness (QED) is 0.822. The van der Waals surface area contributed by atoms with Crippen LogP contribution < -0.4 is 5.32 Å². The fraction of sp³-hybridized carbons (Fsp3) is 0.938. The van der Waals surface area contributed by atoms with Crippen LogP contribution in [0.1, 0.15) is 44.9 Å². The lowest BCUT2D eigenvalue weighted by atomic mass is 9.91. The summed E-state index contributed by atoms with van der Waals surface area (Å²) in [7, 11) is 0. The van der Waals surface area contributed by atoms with E-state index >= 15 is 0 Å². The third kappa shape index (κ3) is 2.54. The van der Waals surface area contributed by atoms with Crippen LogP contribution >= 0.6 is 0 Å². The Labute approximate surface area is 116 Å². The standard InChI is InChI=1S/C16H26N2O/c19-15(14-9-16(14)5-7-17-8-6-16)18(10-12-1-2-12)11-13-3-4-13/h12-14,17H,1-11H2. The first-order chi connectivity index (χ1) is 9.27. The lowest BCUT2D eigenvalue weighted by Gasteiger charge is -2.27. The van der Waals surface area contributed by atoms with E-state index in [1.807, 2.05) is 0 Å². The highest BCUT2D eigenvalue weighted by atomic mass is 16.2. The highest BCUT2D eigenvalue weighted by molar-refractivity contribution is 5.83. The van der Waals surface area contributed by atoms with E-state index in [1.165, 1.54) is 44.9 Å². The van der Waals surface area contributed by atoms with Gasteiger partial charge in [-0.15, -0.1) is 0 Å². The molecule has 0 aromatic heterocycles. The molecule has 3 saturated carbocycles. The van der Waals surface area contributed by atoms with Crippen LogP contribution in [0.25, 0.3) is 0 Å². The van der Waals surface area contributed by atoms with Crippen molar-refractivity contribution < 1.29 is 4.79 Å². The van der Waals surface area contributed by atoms with Gasteiger partial charge in [-0.3, -0.25) is 4.79 Å². The van der Waals surface area contributed by atoms with Crippen LogP contribution in [0.3, 0.4) is 0 Å². The van der Waals surface area contributed by atoms with E-state index in [4.69, 9.17) is 0 Å². The lowest BCUT2D eigenvalue weighted by molar-refractivity contribution is -0.134. The number of amides is 1. The maximum absolute atomic E-state index is 12.8. The third-order valence-corrected chi connectivity index (χ3v) is 5.75. The van der Waals surface area contributed by atoms with Crippen molar-refractivity contribution in [2.75, 3.05) is 26.2 Å². The monoisotopic (exact) mass is 262 g/mol. The minimum Gasteiger partial charge on any atom is -0.342 e. The van der Waals surface area contributed by atoms with Crippen molar-refractivity contribution in [2.45, 2.75) is 44.9 Å². The smallest absolute Gasteiger partial charge is 0.226 e. The fourth-order valence-corrected chi connectivity index (χ4v) is 3.87. The van der Waals surface area contributed by atoms with Crippen molar-refractivity contribution in [2.24, 2.45) is 23.2 Å². The lowest BCUT2D eigenvalue weighted by Crippen LogP contribution is -2.38. The summed E-state index contributed by atoms with van der Waals surface area (Å²) < 4.78 is 0. The highest BCUT2D eigenvalue weighted by Crippen LogP contribution is 2.59. The van der Waals surface area contributed by atoms with Crippen LogP contribution in [0.5, 0.6) is 0 Å². The SMILES string of the molecule is O=C(C1CC12CCNCC2)N(CC1CC1)CC1CC1. The molecule has 3 aliphatic carbocycles. The molecule has 1 spiro atoms. The molecule has 1 unspecified atom stereocenters. The average Bonchev–Trinajstić information content (AvgIpc) is 3.26. The summed E-state index contributed by atoms with van der Waals surface area (Å²) >= 11 is 0. The van der Waals surface area contributed by atoms with Gasteiger partial charge in [-0.25, -0.2) is 0 Å². The fourth-order valence-electron chi connectivity index (χ4n) is 3.87. The van der Waals surface area contributed by atoms with Gasteiger partial charge in [-0.2, -0.15) is 0 Å². The Balaban J connectivity index is 1.39. The summed E-state index contributed by atoms with van der Waals surface area (Å²) in [5.41, 5.74) is 0.410. The van der Waals surface area contributed by atoms with E-state index in [0.717, 1.165) is 38.0 Å². The van der Waals surface area contributed by atoms with E-state index in [1.54, 1.807) is 0 Å². The molecule has 0 aromatic carbocycles. The molecule has 19 heavy (non-hydrogen) atoms. The number of rotatable bonds is 5. The summed E-state index contributed by atoms with van der Waals surface area (Å²) in [6.45, 7) is 4.38. The van der Waals surface area contributed by atoms with Gasteiger partial charge in [0.05, 0.1) is 0 Å². The topological polar surface area (TPSA) is 32.3 Å². The Morgan fingerprint density at radius 1 is 1.05 bits per heavy atom. The number of nitrogens with zero attached hydrogens (tertiary/aromatic N) is 1. The Kier molecular flexibility index (Phi) is 2.87. The van der Waals surface area contributed by atoms with Gasteiger partial charge in [-0.1, -0.05) is 0 Å². The Morgan fingerprint density at radius 2 is 1.63 bits per heavy atom. The van der Waals surface area contributed by atoms with Crippen LogP contribution in [0, 0.1) is 23.2 Å². The molecule has 1 aliphatic heterocycles. The third-order valence-electron chi connectivity index (χ3n) is 5.75. The predicted molar refractivity (Wildman–Crippen MR) is 74.7 cm³/mol. The molecule has 4 rings (SSSR count). The molecule has 0 aromatic rings. The first-order valence-electron chi connectivity index (χ1n) is 8.26. The summed E-state index contributed by atoms with van der Waals surface area (Å²) in [6, 6.07) is 0. The summed E-state index contributed by atoms with van der Waals surface area (Å²) in [4.78, 5) is 15.1. The maximum Gasteiger partial charge on any atom is 0.226 e. The second-order valence-electron chi connectivity index (χ2n) is 7.50. The molecular formula is C16H26N2O. The molecule has 3 heteroatoms. The summed E-state index contributed by atoms with van der Waals surface area (Å²) in [5, 5.41) is 3.43. The number of piperidine rings is 1. The van der Waals surface area contributed by atoms with Gasteiger partial charge in [0.1, 0.15) is 0 Å². The zero-order valence-corrected chi connectivity index (χ0v) is 11.9. The molecule has 1 N–H and O–H groups in total. The molecule has 4 aliphatic rings. The molecule has 1 amide bonds. The van der Waals surface area contributed by atoms with Crippen molar-refractivity contribution in [3.05, 3.63) is 0 Å². The summed E-state index contributed by atoms with van der Waals surface area (Å²) in [5.74, 6) is 2.57. The van der Waals surface area contributed by atoms with Crippen molar-refractivity contribution in [3.63, 3.8) is 0 Å². The average molecular weight is 262 g/mol. The minimum absolute atomic E-state index is 0.382. The van der Waals surface area contributed by atoms with Gasteiger partial charge in [0, 0.05) is 19.0 Å². The Hall–Kier alpha value is -0.570. The van der Waals surface area contributed by atoms with E-state index in [2.05, 4.69) is 10.2 Å².